The lowest BCUT2D eigenvalue weighted by molar-refractivity contribution is 0.0982. The third-order valence-electron chi connectivity index (χ3n) is 3.61. The van der Waals surface area contributed by atoms with Crippen molar-refractivity contribution in [1.29, 1.82) is 0 Å². The number of thiophene rings is 1. The van der Waals surface area contributed by atoms with Gasteiger partial charge in [-0.3, -0.25) is 4.79 Å². The number of benzene rings is 2. The van der Waals surface area contributed by atoms with E-state index in [4.69, 9.17) is 4.74 Å². The molecule has 1 amide bonds. The number of carbonyl (C=O) groups is 1. The lowest BCUT2D eigenvalue weighted by atomic mass is 10.1. The number of rotatable bonds is 5. The van der Waals surface area contributed by atoms with Gasteiger partial charge in [0.15, 0.2) is 0 Å². The van der Waals surface area contributed by atoms with Gasteiger partial charge in [0.2, 0.25) is 0 Å². The van der Waals surface area contributed by atoms with Crippen LogP contribution in [0.2, 0.25) is 0 Å². The number of para-hydroxylation sites is 1. The molecule has 0 fully saturated rings. The molecular weight excluding hydrogens is 325 g/mol. The molecule has 0 saturated heterocycles. The van der Waals surface area contributed by atoms with Gasteiger partial charge in [-0.1, -0.05) is 18.2 Å². The highest BCUT2D eigenvalue weighted by Gasteiger charge is 2.21. The van der Waals surface area contributed by atoms with Crippen molar-refractivity contribution < 1.29 is 13.9 Å². The van der Waals surface area contributed by atoms with Gasteiger partial charge in [-0.25, -0.2) is 4.39 Å². The van der Waals surface area contributed by atoms with E-state index in [2.05, 4.69) is 0 Å². The number of anilines is 1. The predicted octanol–water partition coefficient (Wildman–Crippen LogP) is 4.74. The van der Waals surface area contributed by atoms with Crippen LogP contribution in [0, 0.1) is 5.82 Å². The van der Waals surface area contributed by atoms with Crippen LogP contribution in [0.4, 0.5) is 10.1 Å². The molecule has 0 aliphatic rings. The summed E-state index contributed by atoms with van der Waals surface area (Å²) in [6.07, 6.45) is 0. The van der Waals surface area contributed by atoms with E-state index >= 15 is 0 Å². The van der Waals surface area contributed by atoms with E-state index in [1.165, 1.54) is 19.2 Å². The first-order chi connectivity index (χ1) is 11.7. The van der Waals surface area contributed by atoms with Gasteiger partial charge >= 0.3 is 0 Å². The van der Waals surface area contributed by atoms with E-state index in [1.54, 1.807) is 46.6 Å². The summed E-state index contributed by atoms with van der Waals surface area (Å²) in [5.74, 6) is -0.00665. The zero-order chi connectivity index (χ0) is 16.9. The Hall–Kier alpha value is -2.66. The zero-order valence-electron chi connectivity index (χ0n) is 13.1. The van der Waals surface area contributed by atoms with Crippen LogP contribution in [0.15, 0.2) is 66.0 Å². The predicted molar refractivity (Wildman–Crippen MR) is 94.2 cm³/mol. The molecule has 0 N–H and O–H groups in total. The van der Waals surface area contributed by atoms with Crippen LogP contribution in [0.25, 0.3) is 0 Å². The SMILES string of the molecule is COc1ccccc1C(=O)N(Cc1cccs1)c1ccc(F)cc1. The van der Waals surface area contributed by atoms with Crippen molar-refractivity contribution in [2.45, 2.75) is 6.54 Å². The second kappa shape index (κ2) is 7.27. The van der Waals surface area contributed by atoms with E-state index in [9.17, 15) is 9.18 Å². The molecule has 0 spiro atoms. The van der Waals surface area contributed by atoms with Crippen molar-refractivity contribution in [3.05, 3.63) is 82.3 Å². The average Bonchev–Trinajstić information content (AvgIpc) is 3.13. The van der Waals surface area contributed by atoms with Crippen molar-refractivity contribution in [2.75, 3.05) is 12.0 Å². The Labute approximate surface area is 143 Å². The van der Waals surface area contributed by atoms with Crippen LogP contribution in [0.1, 0.15) is 15.2 Å². The summed E-state index contributed by atoms with van der Waals surface area (Å²) in [6.45, 7) is 0.417. The summed E-state index contributed by atoms with van der Waals surface area (Å²) in [5, 5.41) is 1.96. The van der Waals surface area contributed by atoms with Crippen molar-refractivity contribution in [2.24, 2.45) is 0 Å². The smallest absolute Gasteiger partial charge is 0.262 e. The van der Waals surface area contributed by atoms with Crippen LogP contribution >= 0.6 is 11.3 Å². The third-order valence-corrected chi connectivity index (χ3v) is 4.48. The van der Waals surface area contributed by atoms with Crippen LogP contribution in [0.5, 0.6) is 5.75 Å². The molecule has 122 valence electrons. The fourth-order valence-corrected chi connectivity index (χ4v) is 3.12. The second-order valence-electron chi connectivity index (χ2n) is 5.15. The topological polar surface area (TPSA) is 29.5 Å². The van der Waals surface area contributed by atoms with Gasteiger partial charge in [-0.2, -0.15) is 0 Å². The number of nitrogens with zero attached hydrogens (tertiary/aromatic N) is 1. The summed E-state index contributed by atoms with van der Waals surface area (Å²) >= 11 is 1.57. The molecule has 2 aromatic carbocycles. The number of hydrogen-bond donors (Lipinski definition) is 0. The van der Waals surface area contributed by atoms with E-state index in [0.717, 1.165) is 4.88 Å². The Balaban J connectivity index is 2.00. The van der Waals surface area contributed by atoms with Gasteiger partial charge in [0.1, 0.15) is 11.6 Å². The normalized spacial score (nSPS) is 10.4. The summed E-state index contributed by atoms with van der Waals surface area (Å²) in [4.78, 5) is 15.8. The first kappa shape index (κ1) is 16.2. The van der Waals surface area contributed by atoms with Crippen molar-refractivity contribution in [3.63, 3.8) is 0 Å². The molecule has 5 heteroatoms. The number of halogens is 1. The van der Waals surface area contributed by atoms with Gasteiger partial charge in [-0.05, 0) is 47.8 Å². The van der Waals surface area contributed by atoms with Gasteiger partial charge in [0.25, 0.3) is 5.91 Å². The lowest BCUT2D eigenvalue weighted by Gasteiger charge is -2.23. The number of hydrogen-bond acceptors (Lipinski definition) is 3. The number of methoxy groups -OCH3 is 1. The number of carbonyl (C=O) groups excluding carboxylic acids is 1. The molecule has 3 aromatic rings. The van der Waals surface area contributed by atoms with E-state index in [1.807, 2.05) is 23.6 Å². The highest BCUT2D eigenvalue weighted by atomic mass is 32.1. The fourth-order valence-electron chi connectivity index (χ4n) is 2.43. The minimum absolute atomic E-state index is 0.188. The lowest BCUT2D eigenvalue weighted by Crippen LogP contribution is -2.30. The van der Waals surface area contributed by atoms with Gasteiger partial charge in [-0.15, -0.1) is 11.3 Å². The Morgan fingerprint density at radius 3 is 2.50 bits per heavy atom. The van der Waals surface area contributed by atoms with Crippen molar-refractivity contribution in [1.82, 2.24) is 0 Å². The molecule has 3 nitrogen and oxygen atoms in total. The van der Waals surface area contributed by atoms with E-state index in [0.29, 0.717) is 23.5 Å². The number of ether oxygens (including phenoxy) is 1. The standard InChI is InChI=1S/C19H16FNO2S/c1-23-18-7-3-2-6-17(18)19(22)21(13-16-5-4-12-24-16)15-10-8-14(20)9-11-15/h2-12H,13H2,1H3. The molecule has 3 rings (SSSR count). The van der Waals surface area contributed by atoms with Crippen molar-refractivity contribution in [3.8, 4) is 5.75 Å². The molecule has 0 aliphatic heterocycles. The number of amides is 1. The molecule has 0 unspecified atom stereocenters. The average molecular weight is 341 g/mol. The van der Waals surface area contributed by atoms with Crippen LogP contribution in [-0.2, 0) is 6.54 Å². The summed E-state index contributed by atoms with van der Waals surface area (Å²) in [7, 11) is 1.54. The molecule has 0 aliphatic carbocycles. The Bertz CT molecular complexity index is 816. The second-order valence-corrected chi connectivity index (χ2v) is 6.18. The molecule has 1 aromatic heterocycles. The van der Waals surface area contributed by atoms with Crippen LogP contribution in [0.3, 0.4) is 0 Å². The summed E-state index contributed by atoms with van der Waals surface area (Å²) in [6, 6.07) is 16.9. The van der Waals surface area contributed by atoms with Crippen molar-refractivity contribution >= 4 is 22.9 Å². The van der Waals surface area contributed by atoms with Crippen LogP contribution < -0.4 is 9.64 Å². The maximum atomic E-state index is 13.2. The maximum absolute atomic E-state index is 13.2. The fraction of sp³-hybridized carbons (Fsp3) is 0.105. The highest BCUT2D eigenvalue weighted by molar-refractivity contribution is 7.09. The molecule has 0 bridgehead atoms. The molecule has 0 atom stereocenters. The van der Waals surface area contributed by atoms with Gasteiger partial charge in [0, 0.05) is 10.6 Å². The van der Waals surface area contributed by atoms with E-state index < -0.39 is 0 Å². The third kappa shape index (κ3) is 3.46. The highest BCUT2D eigenvalue weighted by Crippen LogP contribution is 2.26. The van der Waals surface area contributed by atoms with Crippen LogP contribution in [-0.4, -0.2) is 13.0 Å². The minimum Gasteiger partial charge on any atom is -0.496 e. The molecule has 1 heterocycles. The van der Waals surface area contributed by atoms with Gasteiger partial charge in [0.05, 0.1) is 19.2 Å². The van der Waals surface area contributed by atoms with E-state index in [-0.39, 0.29) is 11.7 Å². The van der Waals surface area contributed by atoms with Gasteiger partial charge < -0.3 is 9.64 Å². The maximum Gasteiger partial charge on any atom is 0.262 e. The Morgan fingerprint density at radius 2 is 1.83 bits per heavy atom. The molecule has 0 saturated carbocycles. The summed E-state index contributed by atoms with van der Waals surface area (Å²) < 4.78 is 18.6. The largest absolute Gasteiger partial charge is 0.496 e. The molecular formula is C19H16FNO2S. The minimum atomic E-state index is -0.334. The quantitative estimate of drug-likeness (QED) is 0.671. The Kier molecular flexibility index (Phi) is 4.91. The zero-order valence-corrected chi connectivity index (χ0v) is 13.9. The monoisotopic (exact) mass is 341 g/mol. The molecule has 0 radical (unpaired) electrons. The first-order valence-electron chi connectivity index (χ1n) is 7.42. The first-order valence-corrected chi connectivity index (χ1v) is 8.30. The summed E-state index contributed by atoms with van der Waals surface area (Å²) in [5.41, 5.74) is 1.11. The molecule has 24 heavy (non-hydrogen) atoms. The Morgan fingerprint density at radius 1 is 1.08 bits per heavy atom.